The van der Waals surface area contributed by atoms with Crippen molar-refractivity contribution in [1.82, 2.24) is 14.7 Å². The third-order valence-electron chi connectivity index (χ3n) is 2.78. The molecule has 2 N–H and O–H groups in total. The SMILES string of the molecule is Cn1cnc(-c2noc(N)c2-c2cccc(Br)c2)c1. The molecule has 19 heavy (non-hydrogen) atoms. The van der Waals surface area contributed by atoms with Crippen LogP contribution in [-0.2, 0) is 7.05 Å². The predicted octanol–water partition coefficient (Wildman–Crippen LogP) is 3.09. The minimum absolute atomic E-state index is 0.291. The molecule has 2 aromatic heterocycles. The lowest BCUT2D eigenvalue weighted by atomic mass is 10.0. The van der Waals surface area contributed by atoms with Crippen LogP contribution < -0.4 is 5.73 Å². The number of nitrogens with zero attached hydrogens (tertiary/aromatic N) is 3. The Morgan fingerprint density at radius 2 is 2.21 bits per heavy atom. The summed E-state index contributed by atoms with van der Waals surface area (Å²) in [5, 5.41) is 4.01. The topological polar surface area (TPSA) is 69.9 Å². The molecule has 0 aliphatic rings. The van der Waals surface area contributed by atoms with E-state index < -0.39 is 0 Å². The summed E-state index contributed by atoms with van der Waals surface area (Å²) in [4.78, 5) is 4.28. The fraction of sp³-hybridized carbons (Fsp3) is 0.0769. The van der Waals surface area contributed by atoms with Crippen molar-refractivity contribution in [3.05, 3.63) is 41.3 Å². The molecule has 0 radical (unpaired) electrons. The Hall–Kier alpha value is -2.08. The second-order valence-electron chi connectivity index (χ2n) is 4.21. The molecule has 0 saturated carbocycles. The van der Waals surface area contributed by atoms with Gasteiger partial charge in [-0.15, -0.1) is 0 Å². The van der Waals surface area contributed by atoms with E-state index in [9.17, 15) is 0 Å². The van der Waals surface area contributed by atoms with E-state index in [-0.39, 0.29) is 0 Å². The summed E-state index contributed by atoms with van der Waals surface area (Å²) in [6.45, 7) is 0. The van der Waals surface area contributed by atoms with Crippen molar-refractivity contribution in [2.45, 2.75) is 0 Å². The summed E-state index contributed by atoms with van der Waals surface area (Å²) in [5.74, 6) is 0.291. The van der Waals surface area contributed by atoms with Gasteiger partial charge in [0.1, 0.15) is 11.4 Å². The lowest BCUT2D eigenvalue weighted by molar-refractivity contribution is 0.439. The number of halogens is 1. The van der Waals surface area contributed by atoms with Gasteiger partial charge in [-0.05, 0) is 17.7 Å². The van der Waals surface area contributed by atoms with Crippen molar-refractivity contribution < 1.29 is 4.52 Å². The normalized spacial score (nSPS) is 10.8. The van der Waals surface area contributed by atoms with Crippen LogP contribution in [0.1, 0.15) is 0 Å². The third-order valence-corrected chi connectivity index (χ3v) is 3.27. The molecule has 0 aliphatic carbocycles. The van der Waals surface area contributed by atoms with E-state index in [1.165, 1.54) is 0 Å². The Balaban J connectivity index is 2.19. The molecule has 0 amide bonds. The molecule has 5 nitrogen and oxygen atoms in total. The number of anilines is 1. The van der Waals surface area contributed by atoms with E-state index in [1.807, 2.05) is 42.1 Å². The minimum atomic E-state index is 0.291. The third kappa shape index (κ3) is 2.15. The number of imidazole rings is 1. The smallest absolute Gasteiger partial charge is 0.230 e. The first-order chi connectivity index (χ1) is 9.15. The molecule has 0 atom stereocenters. The molecule has 0 spiro atoms. The Morgan fingerprint density at radius 3 is 2.89 bits per heavy atom. The highest BCUT2D eigenvalue weighted by molar-refractivity contribution is 9.10. The Morgan fingerprint density at radius 1 is 1.37 bits per heavy atom. The van der Waals surface area contributed by atoms with Crippen LogP contribution in [0.5, 0.6) is 0 Å². The zero-order valence-corrected chi connectivity index (χ0v) is 11.8. The first-order valence-corrected chi connectivity index (χ1v) is 6.44. The van der Waals surface area contributed by atoms with Crippen molar-refractivity contribution in [3.63, 3.8) is 0 Å². The van der Waals surface area contributed by atoms with Gasteiger partial charge in [-0.2, -0.15) is 0 Å². The minimum Gasteiger partial charge on any atom is -0.367 e. The zero-order valence-electron chi connectivity index (χ0n) is 10.2. The summed E-state index contributed by atoms with van der Waals surface area (Å²) < 4.78 is 7.94. The van der Waals surface area contributed by atoms with Crippen molar-refractivity contribution in [2.24, 2.45) is 7.05 Å². The maximum atomic E-state index is 5.89. The summed E-state index contributed by atoms with van der Waals surface area (Å²) in [7, 11) is 1.90. The largest absolute Gasteiger partial charge is 0.367 e. The number of aryl methyl sites for hydroxylation is 1. The van der Waals surface area contributed by atoms with E-state index in [2.05, 4.69) is 26.1 Å². The number of hydrogen-bond acceptors (Lipinski definition) is 4. The standard InChI is InChI=1S/C13H11BrN4O/c1-18-6-10(16-7-18)12-11(13(15)19-17-12)8-3-2-4-9(14)5-8/h2-7H,15H2,1H3. The van der Waals surface area contributed by atoms with Crippen LogP contribution in [0.4, 0.5) is 5.88 Å². The molecule has 2 heterocycles. The monoisotopic (exact) mass is 318 g/mol. The van der Waals surface area contributed by atoms with Crippen LogP contribution in [0.15, 0.2) is 45.8 Å². The average Bonchev–Trinajstić information content (AvgIpc) is 2.95. The molecule has 0 aliphatic heterocycles. The highest BCUT2D eigenvalue weighted by atomic mass is 79.9. The molecule has 96 valence electrons. The second kappa shape index (κ2) is 4.55. The lowest BCUT2D eigenvalue weighted by Crippen LogP contribution is -1.88. The molecule has 0 unspecified atom stereocenters. The summed E-state index contributed by atoms with van der Waals surface area (Å²) in [5.41, 5.74) is 8.97. The van der Waals surface area contributed by atoms with E-state index in [0.717, 1.165) is 21.3 Å². The van der Waals surface area contributed by atoms with E-state index >= 15 is 0 Å². The highest BCUT2D eigenvalue weighted by Crippen LogP contribution is 2.36. The van der Waals surface area contributed by atoms with Gasteiger partial charge in [0, 0.05) is 17.7 Å². The molecule has 3 aromatic rings. The van der Waals surface area contributed by atoms with Gasteiger partial charge in [-0.25, -0.2) is 4.98 Å². The molecule has 3 rings (SSSR count). The van der Waals surface area contributed by atoms with Crippen molar-refractivity contribution in [2.75, 3.05) is 5.73 Å². The lowest BCUT2D eigenvalue weighted by Gasteiger charge is -2.01. The van der Waals surface area contributed by atoms with Gasteiger partial charge < -0.3 is 14.8 Å². The summed E-state index contributed by atoms with van der Waals surface area (Å²) in [6, 6.07) is 7.82. The predicted molar refractivity (Wildman–Crippen MR) is 76.3 cm³/mol. The number of benzene rings is 1. The highest BCUT2D eigenvalue weighted by Gasteiger charge is 2.19. The number of nitrogens with two attached hydrogens (primary N) is 1. The van der Waals surface area contributed by atoms with Gasteiger partial charge in [-0.3, -0.25) is 0 Å². The fourth-order valence-corrected chi connectivity index (χ4v) is 2.33. The summed E-state index contributed by atoms with van der Waals surface area (Å²) >= 11 is 3.45. The van der Waals surface area contributed by atoms with E-state index in [1.54, 1.807) is 6.33 Å². The molecule has 1 aromatic carbocycles. The number of hydrogen-bond donors (Lipinski definition) is 1. The van der Waals surface area contributed by atoms with Crippen LogP contribution in [0, 0.1) is 0 Å². The fourth-order valence-electron chi connectivity index (χ4n) is 1.94. The van der Waals surface area contributed by atoms with Crippen molar-refractivity contribution >= 4 is 21.8 Å². The van der Waals surface area contributed by atoms with E-state index in [4.69, 9.17) is 10.3 Å². The molecule has 0 saturated heterocycles. The van der Waals surface area contributed by atoms with Crippen molar-refractivity contribution in [3.8, 4) is 22.5 Å². The number of rotatable bonds is 2. The maximum absolute atomic E-state index is 5.89. The average molecular weight is 319 g/mol. The van der Waals surface area contributed by atoms with Gasteiger partial charge in [0.25, 0.3) is 0 Å². The molecular weight excluding hydrogens is 308 g/mol. The second-order valence-corrected chi connectivity index (χ2v) is 5.12. The molecule has 0 bridgehead atoms. The van der Waals surface area contributed by atoms with Crippen LogP contribution >= 0.6 is 15.9 Å². The van der Waals surface area contributed by atoms with Gasteiger partial charge in [0.15, 0.2) is 0 Å². The van der Waals surface area contributed by atoms with Gasteiger partial charge >= 0.3 is 0 Å². The Bertz CT molecular complexity index is 732. The van der Waals surface area contributed by atoms with Gasteiger partial charge in [0.05, 0.1) is 11.9 Å². The van der Waals surface area contributed by atoms with Gasteiger partial charge in [0.2, 0.25) is 5.88 Å². The maximum Gasteiger partial charge on any atom is 0.230 e. The zero-order chi connectivity index (χ0) is 13.4. The molecule has 0 fully saturated rings. The van der Waals surface area contributed by atoms with Crippen LogP contribution in [0.3, 0.4) is 0 Å². The number of nitrogen functional groups attached to an aromatic ring is 1. The Kier molecular flexibility index (Phi) is 2.87. The first-order valence-electron chi connectivity index (χ1n) is 5.64. The molecule has 6 heteroatoms. The van der Waals surface area contributed by atoms with Crippen molar-refractivity contribution in [1.29, 1.82) is 0 Å². The Labute approximate surface area is 118 Å². The quantitative estimate of drug-likeness (QED) is 0.788. The van der Waals surface area contributed by atoms with Gasteiger partial charge in [-0.1, -0.05) is 33.2 Å². The first kappa shape index (κ1) is 12.0. The molecular formula is C13H11BrN4O. The van der Waals surface area contributed by atoms with E-state index in [0.29, 0.717) is 11.6 Å². The van der Waals surface area contributed by atoms with Crippen LogP contribution in [0.25, 0.3) is 22.5 Å². The van der Waals surface area contributed by atoms with Crippen LogP contribution in [0.2, 0.25) is 0 Å². The summed E-state index contributed by atoms with van der Waals surface area (Å²) in [6.07, 6.45) is 3.59. The number of aromatic nitrogens is 3. The van der Waals surface area contributed by atoms with Crippen LogP contribution in [-0.4, -0.2) is 14.7 Å².